The van der Waals surface area contributed by atoms with Crippen LogP contribution in [0.1, 0.15) is 239 Å². The number of allylic oxidation sites excluding steroid dienone is 10. The largest absolute Gasteiger partial charge is 0.462 e. The summed E-state index contributed by atoms with van der Waals surface area (Å²) in [5.74, 6) is -0.946. The Balaban J connectivity index is 4.44. The first-order valence-corrected chi connectivity index (χ1v) is 24.8. The van der Waals surface area contributed by atoms with Crippen molar-refractivity contribution in [1.82, 2.24) is 0 Å². The molecule has 59 heavy (non-hydrogen) atoms. The molecule has 0 aliphatic carbocycles. The van der Waals surface area contributed by atoms with Crippen LogP contribution < -0.4 is 0 Å². The van der Waals surface area contributed by atoms with E-state index in [-0.39, 0.29) is 37.5 Å². The topological polar surface area (TPSA) is 78.9 Å². The van der Waals surface area contributed by atoms with Crippen LogP contribution in [-0.4, -0.2) is 37.2 Å². The van der Waals surface area contributed by atoms with E-state index < -0.39 is 6.10 Å². The van der Waals surface area contributed by atoms with Crippen molar-refractivity contribution < 1.29 is 28.6 Å². The predicted octanol–water partition coefficient (Wildman–Crippen LogP) is 16.1. The van der Waals surface area contributed by atoms with E-state index in [2.05, 4.69) is 81.5 Å². The van der Waals surface area contributed by atoms with Crippen molar-refractivity contribution >= 4 is 17.9 Å². The Kier molecular flexibility index (Phi) is 45.4. The summed E-state index contributed by atoms with van der Waals surface area (Å²) in [7, 11) is 0. The lowest BCUT2D eigenvalue weighted by Crippen LogP contribution is -2.30. The highest BCUT2D eigenvalue weighted by molar-refractivity contribution is 5.71. The van der Waals surface area contributed by atoms with Crippen LogP contribution in [-0.2, 0) is 28.6 Å². The van der Waals surface area contributed by atoms with Crippen LogP contribution in [0.3, 0.4) is 0 Å². The van der Waals surface area contributed by atoms with E-state index in [0.717, 1.165) is 77.0 Å². The molecule has 0 spiro atoms. The second-order valence-corrected chi connectivity index (χ2v) is 16.4. The van der Waals surface area contributed by atoms with Gasteiger partial charge in [-0.15, -0.1) is 0 Å². The van der Waals surface area contributed by atoms with Crippen LogP contribution in [0.4, 0.5) is 0 Å². The lowest BCUT2D eigenvalue weighted by Gasteiger charge is -2.18. The molecule has 0 bridgehead atoms. The fourth-order valence-corrected chi connectivity index (χ4v) is 6.83. The van der Waals surface area contributed by atoms with E-state index in [1.165, 1.54) is 116 Å². The van der Waals surface area contributed by atoms with Crippen molar-refractivity contribution in [3.63, 3.8) is 0 Å². The number of carbonyl (C=O) groups excluding carboxylic acids is 3. The first-order valence-electron chi connectivity index (χ1n) is 24.8. The molecule has 6 heteroatoms. The molecule has 1 atom stereocenters. The summed E-state index contributed by atoms with van der Waals surface area (Å²) in [4.78, 5) is 37.8. The average Bonchev–Trinajstić information content (AvgIpc) is 3.23. The Labute approximate surface area is 364 Å². The molecular weight excluding hydrogens is 733 g/mol. The van der Waals surface area contributed by atoms with Crippen molar-refractivity contribution in [3.05, 3.63) is 60.8 Å². The molecule has 0 aliphatic heterocycles. The zero-order valence-corrected chi connectivity index (χ0v) is 38.8. The smallest absolute Gasteiger partial charge is 0.306 e. The van der Waals surface area contributed by atoms with Gasteiger partial charge in [0.2, 0.25) is 0 Å². The Bertz CT molecular complexity index is 1090. The van der Waals surface area contributed by atoms with Gasteiger partial charge in [-0.25, -0.2) is 0 Å². The third-order valence-electron chi connectivity index (χ3n) is 10.5. The molecule has 0 aromatic rings. The normalized spacial score (nSPS) is 12.5. The van der Waals surface area contributed by atoms with E-state index in [1.807, 2.05) is 0 Å². The van der Waals surface area contributed by atoms with Gasteiger partial charge in [0.1, 0.15) is 13.2 Å². The van der Waals surface area contributed by atoms with Crippen LogP contribution in [0.2, 0.25) is 0 Å². The minimum atomic E-state index is -0.791. The maximum atomic E-state index is 12.7. The van der Waals surface area contributed by atoms with Gasteiger partial charge in [0.25, 0.3) is 0 Å². The van der Waals surface area contributed by atoms with E-state index in [9.17, 15) is 14.4 Å². The van der Waals surface area contributed by atoms with Gasteiger partial charge < -0.3 is 14.2 Å². The molecule has 0 saturated carbocycles. The molecular formula is C53H92O6. The fourth-order valence-electron chi connectivity index (χ4n) is 6.83. The summed E-state index contributed by atoms with van der Waals surface area (Å²) in [6, 6.07) is 0. The number of unbranched alkanes of at least 4 members (excludes halogenated alkanes) is 23. The molecule has 0 amide bonds. The van der Waals surface area contributed by atoms with Crippen molar-refractivity contribution in [2.24, 2.45) is 0 Å². The second-order valence-electron chi connectivity index (χ2n) is 16.4. The van der Waals surface area contributed by atoms with Crippen molar-refractivity contribution in [2.75, 3.05) is 13.2 Å². The van der Waals surface area contributed by atoms with E-state index in [1.54, 1.807) is 0 Å². The molecule has 0 radical (unpaired) electrons. The fraction of sp³-hybridized carbons (Fsp3) is 0.755. The molecule has 340 valence electrons. The predicted molar refractivity (Wildman–Crippen MR) is 251 cm³/mol. The monoisotopic (exact) mass is 825 g/mol. The van der Waals surface area contributed by atoms with Gasteiger partial charge in [-0.3, -0.25) is 14.4 Å². The first-order chi connectivity index (χ1) is 29.0. The molecule has 0 rings (SSSR count). The molecule has 0 aromatic carbocycles. The molecule has 0 fully saturated rings. The summed E-state index contributed by atoms with van der Waals surface area (Å²) in [5, 5.41) is 0. The molecule has 0 aliphatic rings. The first kappa shape index (κ1) is 56.1. The van der Waals surface area contributed by atoms with Crippen molar-refractivity contribution in [3.8, 4) is 0 Å². The third-order valence-corrected chi connectivity index (χ3v) is 10.5. The van der Waals surface area contributed by atoms with Crippen LogP contribution in [0.25, 0.3) is 0 Å². The maximum Gasteiger partial charge on any atom is 0.306 e. The van der Waals surface area contributed by atoms with Gasteiger partial charge in [0, 0.05) is 19.3 Å². The zero-order chi connectivity index (χ0) is 43.0. The minimum absolute atomic E-state index is 0.0887. The quantitative estimate of drug-likeness (QED) is 0.0263. The number of carbonyl (C=O) groups is 3. The standard InChI is InChI=1S/C53H92O6/c1-4-7-10-13-16-19-22-24-25-26-27-29-32-34-37-40-43-46-52(55)58-49-50(59-53(56)47-44-41-38-35-30-21-18-15-12-9-6-3)48-57-51(54)45-42-39-36-33-31-28-23-20-17-14-11-8-5-2/h7,10,16,19,24-25,27,29,34,37,50H,4-6,8-9,11-15,17-18,20-23,26,28,30-33,35-36,38-49H2,1-3H3/b10-7-,19-16-,25-24-,29-27-,37-34-/t50-/m0/s1. The number of hydrogen-bond donors (Lipinski definition) is 0. The van der Waals surface area contributed by atoms with Gasteiger partial charge in [0.15, 0.2) is 6.10 Å². The van der Waals surface area contributed by atoms with Gasteiger partial charge in [-0.1, -0.05) is 223 Å². The minimum Gasteiger partial charge on any atom is -0.462 e. The Morgan fingerprint density at radius 3 is 1.03 bits per heavy atom. The molecule has 0 saturated heterocycles. The van der Waals surface area contributed by atoms with Gasteiger partial charge in [0.05, 0.1) is 0 Å². The Hall–Kier alpha value is -2.89. The van der Waals surface area contributed by atoms with Gasteiger partial charge >= 0.3 is 17.9 Å². The third kappa shape index (κ3) is 46.0. The number of ether oxygens (including phenoxy) is 3. The number of esters is 3. The highest BCUT2D eigenvalue weighted by Gasteiger charge is 2.19. The SMILES string of the molecule is CC/C=C\C/C=C\C/C=C\C/C=C\C/C=C\CCCC(=O)OC[C@H](COC(=O)CCCCCCCCCCCCCCC)OC(=O)CCCCCCCCCCCCC. The summed E-state index contributed by atoms with van der Waals surface area (Å²) in [5.41, 5.74) is 0. The van der Waals surface area contributed by atoms with Crippen LogP contribution in [0.15, 0.2) is 60.8 Å². The van der Waals surface area contributed by atoms with E-state index >= 15 is 0 Å². The summed E-state index contributed by atoms with van der Waals surface area (Å²) in [6.07, 6.45) is 57.8. The Morgan fingerprint density at radius 1 is 0.356 bits per heavy atom. The molecule has 0 N–H and O–H groups in total. The lowest BCUT2D eigenvalue weighted by molar-refractivity contribution is -0.167. The van der Waals surface area contributed by atoms with Crippen molar-refractivity contribution in [2.45, 2.75) is 245 Å². The average molecular weight is 825 g/mol. The molecule has 0 unspecified atom stereocenters. The molecule has 6 nitrogen and oxygen atoms in total. The van der Waals surface area contributed by atoms with Crippen LogP contribution in [0.5, 0.6) is 0 Å². The van der Waals surface area contributed by atoms with Crippen LogP contribution >= 0.6 is 0 Å². The maximum absolute atomic E-state index is 12.7. The second kappa shape index (κ2) is 47.8. The summed E-state index contributed by atoms with van der Waals surface area (Å²) < 4.78 is 16.7. The lowest BCUT2D eigenvalue weighted by atomic mass is 10.0. The number of rotatable bonds is 44. The number of hydrogen-bond acceptors (Lipinski definition) is 6. The summed E-state index contributed by atoms with van der Waals surface area (Å²) >= 11 is 0. The highest BCUT2D eigenvalue weighted by atomic mass is 16.6. The van der Waals surface area contributed by atoms with Crippen molar-refractivity contribution in [1.29, 1.82) is 0 Å². The summed E-state index contributed by atoms with van der Waals surface area (Å²) in [6.45, 7) is 6.47. The zero-order valence-electron chi connectivity index (χ0n) is 38.8. The van der Waals surface area contributed by atoms with Gasteiger partial charge in [-0.05, 0) is 57.8 Å². The van der Waals surface area contributed by atoms with E-state index in [4.69, 9.17) is 14.2 Å². The van der Waals surface area contributed by atoms with Gasteiger partial charge in [-0.2, -0.15) is 0 Å². The van der Waals surface area contributed by atoms with E-state index in [0.29, 0.717) is 19.3 Å². The molecule has 0 aromatic heterocycles. The Morgan fingerprint density at radius 2 is 0.661 bits per heavy atom. The highest BCUT2D eigenvalue weighted by Crippen LogP contribution is 2.15. The molecule has 0 heterocycles. The van der Waals surface area contributed by atoms with Crippen LogP contribution in [0, 0.1) is 0 Å².